The number of carbonyl (C=O) groups excluding carboxylic acids is 1. The van der Waals surface area contributed by atoms with Crippen LogP contribution in [0.2, 0.25) is 0 Å². The Morgan fingerprint density at radius 3 is 2.41 bits per heavy atom. The van der Waals surface area contributed by atoms with Crippen molar-refractivity contribution >= 4 is 15.7 Å². The molecule has 0 aliphatic rings. The van der Waals surface area contributed by atoms with Crippen LogP contribution in [0.5, 0.6) is 0 Å². The Kier molecular flexibility index (Phi) is 6.74. The summed E-state index contributed by atoms with van der Waals surface area (Å²) in [6.07, 6.45) is -2.55. The van der Waals surface area contributed by atoms with Gasteiger partial charge in [0, 0.05) is 24.2 Å². The van der Waals surface area contributed by atoms with Crippen molar-refractivity contribution in [3.8, 4) is 17.1 Å². The number of hydrogen-bond acceptors (Lipinski definition) is 7. The molecule has 0 saturated carbocycles. The number of aromatic nitrogens is 3. The second kappa shape index (κ2) is 9.65. The number of halogens is 3. The summed E-state index contributed by atoms with van der Waals surface area (Å²) in [6.45, 7) is 1.43. The molecule has 9 nitrogen and oxygen atoms in total. The van der Waals surface area contributed by atoms with Gasteiger partial charge >= 0.3 is 6.18 Å². The molecular formula is C24H19F3N4O5S. The quantitative estimate of drug-likeness (QED) is 0.403. The lowest BCUT2D eigenvalue weighted by Gasteiger charge is -2.16. The lowest BCUT2D eigenvalue weighted by Crippen LogP contribution is -2.33. The predicted molar refractivity (Wildman–Crippen MR) is 126 cm³/mol. The van der Waals surface area contributed by atoms with Gasteiger partial charge in [0.05, 0.1) is 16.0 Å². The number of benzene rings is 2. The van der Waals surface area contributed by atoms with Gasteiger partial charge < -0.3 is 9.73 Å². The van der Waals surface area contributed by atoms with Gasteiger partial charge in [0.15, 0.2) is 9.84 Å². The summed E-state index contributed by atoms with van der Waals surface area (Å²) < 4.78 is 69.4. The molecule has 2 aromatic carbocycles. The minimum atomic E-state index is -4.65. The fraction of sp³-hybridized carbons (Fsp3) is 0.167. The Hall–Kier alpha value is -4.26. The van der Waals surface area contributed by atoms with Crippen molar-refractivity contribution in [1.29, 1.82) is 0 Å². The van der Waals surface area contributed by atoms with Crippen LogP contribution in [0, 0.1) is 6.92 Å². The zero-order valence-corrected chi connectivity index (χ0v) is 20.2. The van der Waals surface area contributed by atoms with Crippen LogP contribution in [-0.4, -0.2) is 35.3 Å². The first-order chi connectivity index (χ1) is 17.4. The average Bonchev–Trinajstić information content (AvgIpc) is 3.37. The fourth-order valence-electron chi connectivity index (χ4n) is 3.64. The molecule has 2 aromatic heterocycles. The Morgan fingerprint density at radius 1 is 1.11 bits per heavy atom. The van der Waals surface area contributed by atoms with Crippen molar-refractivity contribution < 1.29 is 30.8 Å². The first-order valence-corrected chi connectivity index (χ1v) is 12.5. The highest BCUT2D eigenvalue weighted by atomic mass is 32.2. The molecule has 0 aliphatic carbocycles. The SMILES string of the molecule is Cc1c(-c2nnco2)cc(C(=O)NCc2ccc(S(C)(=O)=O)cc2)c(=O)n1-c1cccc(C(F)(F)F)c1. The molecule has 0 saturated heterocycles. The molecule has 0 atom stereocenters. The topological polar surface area (TPSA) is 124 Å². The van der Waals surface area contributed by atoms with Crippen LogP contribution >= 0.6 is 0 Å². The first-order valence-electron chi connectivity index (χ1n) is 10.6. The van der Waals surface area contributed by atoms with Crippen LogP contribution in [0.15, 0.2) is 75.1 Å². The molecule has 192 valence electrons. The van der Waals surface area contributed by atoms with Gasteiger partial charge in [-0.05, 0) is 48.9 Å². The molecule has 1 amide bonds. The van der Waals surface area contributed by atoms with Crippen LogP contribution in [0.25, 0.3) is 17.1 Å². The molecule has 37 heavy (non-hydrogen) atoms. The van der Waals surface area contributed by atoms with Crippen molar-refractivity contribution in [2.75, 3.05) is 6.26 Å². The molecule has 0 fully saturated rings. The zero-order chi connectivity index (χ0) is 27.0. The summed E-state index contributed by atoms with van der Waals surface area (Å²) in [7, 11) is -3.40. The standard InChI is InChI=1S/C24H19F3N4O5S/c1-14-19(22-30-29-13-36-22)11-20(21(32)28-12-15-6-8-18(9-7-15)37(2,34)35)23(33)31(14)17-5-3-4-16(10-17)24(25,26)27/h3-11,13H,12H2,1-2H3,(H,28,32). The number of hydrogen-bond donors (Lipinski definition) is 1. The number of pyridine rings is 1. The summed E-state index contributed by atoms with van der Waals surface area (Å²) in [5.41, 5.74) is -1.39. The normalized spacial score (nSPS) is 11.9. The highest BCUT2D eigenvalue weighted by Gasteiger charge is 2.31. The lowest BCUT2D eigenvalue weighted by atomic mass is 10.1. The molecule has 0 spiro atoms. The summed E-state index contributed by atoms with van der Waals surface area (Å²) in [5, 5.41) is 9.96. The Labute approximate surface area is 208 Å². The molecule has 2 heterocycles. The highest BCUT2D eigenvalue weighted by Crippen LogP contribution is 2.31. The Morgan fingerprint density at radius 2 is 1.81 bits per heavy atom. The van der Waals surface area contributed by atoms with Gasteiger partial charge in [-0.2, -0.15) is 13.2 Å². The second-order valence-electron chi connectivity index (χ2n) is 8.09. The zero-order valence-electron chi connectivity index (χ0n) is 19.4. The molecule has 4 aromatic rings. The number of alkyl halides is 3. The monoisotopic (exact) mass is 532 g/mol. The third-order valence-electron chi connectivity index (χ3n) is 5.52. The van der Waals surface area contributed by atoms with Gasteiger partial charge in [-0.15, -0.1) is 10.2 Å². The Bertz CT molecular complexity index is 1630. The van der Waals surface area contributed by atoms with Gasteiger partial charge in [0.25, 0.3) is 11.5 Å². The molecular weight excluding hydrogens is 513 g/mol. The van der Waals surface area contributed by atoms with E-state index in [9.17, 15) is 31.2 Å². The van der Waals surface area contributed by atoms with Gasteiger partial charge in [-0.1, -0.05) is 18.2 Å². The molecule has 1 N–H and O–H groups in total. The first kappa shape index (κ1) is 25.8. The van der Waals surface area contributed by atoms with E-state index in [1.54, 1.807) is 0 Å². The van der Waals surface area contributed by atoms with E-state index in [2.05, 4.69) is 15.5 Å². The van der Waals surface area contributed by atoms with Crippen LogP contribution < -0.4 is 10.9 Å². The number of amides is 1. The third-order valence-corrected chi connectivity index (χ3v) is 6.65. The van der Waals surface area contributed by atoms with E-state index in [1.807, 2.05) is 0 Å². The second-order valence-corrected chi connectivity index (χ2v) is 10.1. The smallest absolute Gasteiger partial charge is 0.416 e. The minimum absolute atomic E-state index is 0.0383. The molecule has 4 rings (SSSR count). The number of sulfone groups is 1. The summed E-state index contributed by atoms with van der Waals surface area (Å²) >= 11 is 0. The fourth-order valence-corrected chi connectivity index (χ4v) is 4.27. The number of nitrogens with zero attached hydrogens (tertiary/aromatic N) is 3. The lowest BCUT2D eigenvalue weighted by molar-refractivity contribution is -0.137. The summed E-state index contributed by atoms with van der Waals surface area (Å²) in [6, 6.07) is 11.2. The molecule has 13 heteroatoms. The van der Waals surface area contributed by atoms with E-state index < -0.39 is 33.0 Å². The largest absolute Gasteiger partial charge is 0.423 e. The van der Waals surface area contributed by atoms with Crippen LogP contribution in [0.3, 0.4) is 0 Å². The Balaban J connectivity index is 1.75. The molecule has 0 radical (unpaired) electrons. The predicted octanol–water partition coefficient (Wildman–Crippen LogP) is 3.55. The number of carbonyl (C=O) groups is 1. The van der Waals surface area contributed by atoms with E-state index in [4.69, 9.17) is 4.42 Å². The van der Waals surface area contributed by atoms with E-state index in [0.29, 0.717) is 5.56 Å². The van der Waals surface area contributed by atoms with Gasteiger partial charge in [-0.3, -0.25) is 14.2 Å². The summed E-state index contributed by atoms with van der Waals surface area (Å²) in [4.78, 5) is 26.5. The maximum absolute atomic E-state index is 13.4. The minimum Gasteiger partial charge on any atom is -0.423 e. The maximum Gasteiger partial charge on any atom is 0.416 e. The van der Waals surface area contributed by atoms with Gasteiger partial charge in [0.1, 0.15) is 5.56 Å². The highest BCUT2D eigenvalue weighted by molar-refractivity contribution is 7.90. The van der Waals surface area contributed by atoms with E-state index in [0.717, 1.165) is 35.4 Å². The third kappa shape index (κ3) is 5.45. The number of rotatable bonds is 6. The van der Waals surface area contributed by atoms with Crippen molar-refractivity contribution in [2.24, 2.45) is 0 Å². The average molecular weight is 533 g/mol. The molecule has 0 bridgehead atoms. The van der Waals surface area contributed by atoms with Crippen molar-refractivity contribution in [3.05, 3.63) is 93.7 Å². The van der Waals surface area contributed by atoms with E-state index in [-0.39, 0.29) is 39.8 Å². The van der Waals surface area contributed by atoms with Crippen molar-refractivity contribution in [1.82, 2.24) is 20.1 Å². The number of nitrogens with one attached hydrogen (secondary N) is 1. The van der Waals surface area contributed by atoms with Crippen molar-refractivity contribution in [2.45, 2.75) is 24.5 Å². The van der Waals surface area contributed by atoms with Crippen LogP contribution in [-0.2, 0) is 22.6 Å². The maximum atomic E-state index is 13.4. The van der Waals surface area contributed by atoms with Gasteiger partial charge in [0.2, 0.25) is 12.3 Å². The van der Waals surface area contributed by atoms with E-state index >= 15 is 0 Å². The van der Waals surface area contributed by atoms with E-state index in [1.165, 1.54) is 43.3 Å². The molecule has 0 aliphatic heterocycles. The van der Waals surface area contributed by atoms with Gasteiger partial charge in [-0.25, -0.2) is 8.42 Å². The van der Waals surface area contributed by atoms with Crippen LogP contribution in [0.1, 0.15) is 27.2 Å². The van der Waals surface area contributed by atoms with Crippen molar-refractivity contribution in [3.63, 3.8) is 0 Å². The van der Waals surface area contributed by atoms with Crippen LogP contribution in [0.4, 0.5) is 13.2 Å². The molecule has 0 unspecified atom stereocenters. The summed E-state index contributed by atoms with van der Waals surface area (Å²) in [5.74, 6) is -0.845.